The highest BCUT2D eigenvalue weighted by atomic mass is 16.6. The van der Waals surface area contributed by atoms with E-state index in [9.17, 15) is 19.2 Å². The maximum atomic E-state index is 12.7. The zero-order valence-corrected chi connectivity index (χ0v) is 15.9. The van der Waals surface area contributed by atoms with Crippen LogP contribution in [-0.2, 0) is 19.1 Å². The number of rotatable bonds is 10. The number of esters is 1. The first-order chi connectivity index (χ1) is 11.8. The van der Waals surface area contributed by atoms with Crippen molar-refractivity contribution in [2.75, 3.05) is 19.6 Å². The molecule has 0 aromatic carbocycles. The van der Waals surface area contributed by atoms with Crippen molar-refractivity contribution in [2.24, 2.45) is 11.3 Å². The lowest BCUT2D eigenvalue weighted by atomic mass is 9.75. The van der Waals surface area contributed by atoms with E-state index in [0.29, 0.717) is 38.9 Å². The zero-order valence-electron chi connectivity index (χ0n) is 15.9. The Balaban J connectivity index is 5.66. The van der Waals surface area contributed by atoms with Crippen LogP contribution in [0, 0.1) is 11.3 Å². The van der Waals surface area contributed by atoms with E-state index in [-0.39, 0.29) is 0 Å². The summed E-state index contributed by atoms with van der Waals surface area (Å²) in [5.41, 5.74) is -2.12. The molecule has 0 heterocycles. The molecule has 0 aliphatic rings. The molecule has 8 nitrogen and oxygen atoms in total. The highest BCUT2D eigenvalue weighted by molar-refractivity contribution is 6.22. The van der Waals surface area contributed by atoms with Crippen molar-refractivity contribution < 1.29 is 23.9 Å². The third-order valence-electron chi connectivity index (χ3n) is 3.68. The number of hydrogen-bond donors (Lipinski definition) is 3. The van der Waals surface area contributed by atoms with Crippen LogP contribution in [0.25, 0.3) is 0 Å². The summed E-state index contributed by atoms with van der Waals surface area (Å²) in [4.78, 5) is 49.8. The number of hydrogen-bond acceptors (Lipinski definition) is 5. The molecular formula is C17H31N3O5. The SMILES string of the molecule is CCCNC(=O)OC(=O)C(C(=O)NCCC)(C(=O)NCCC)C(C)C. The van der Waals surface area contributed by atoms with Gasteiger partial charge in [0, 0.05) is 19.6 Å². The van der Waals surface area contributed by atoms with Crippen LogP contribution in [0.3, 0.4) is 0 Å². The average Bonchev–Trinajstić information content (AvgIpc) is 2.56. The van der Waals surface area contributed by atoms with Gasteiger partial charge in [0.2, 0.25) is 17.2 Å². The maximum absolute atomic E-state index is 12.7. The fraction of sp³-hybridized carbons (Fsp3) is 0.765. The van der Waals surface area contributed by atoms with Crippen LogP contribution in [0.5, 0.6) is 0 Å². The first-order valence-electron chi connectivity index (χ1n) is 8.85. The zero-order chi connectivity index (χ0) is 19.5. The lowest BCUT2D eigenvalue weighted by molar-refractivity contribution is -0.165. The average molecular weight is 357 g/mol. The van der Waals surface area contributed by atoms with Crippen LogP contribution < -0.4 is 16.0 Å². The minimum atomic E-state index is -2.12. The van der Waals surface area contributed by atoms with E-state index in [1.165, 1.54) is 0 Å². The second-order valence-corrected chi connectivity index (χ2v) is 6.08. The molecule has 0 saturated heterocycles. The summed E-state index contributed by atoms with van der Waals surface area (Å²) in [5.74, 6) is -3.39. The first-order valence-corrected chi connectivity index (χ1v) is 8.85. The van der Waals surface area contributed by atoms with Gasteiger partial charge in [0.1, 0.15) is 0 Å². The Labute approximate surface area is 149 Å². The van der Waals surface area contributed by atoms with Gasteiger partial charge < -0.3 is 20.7 Å². The highest BCUT2D eigenvalue weighted by Crippen LogP contribution is 2.30. The molecule has 144 valence electrons. The van der Waals surface area contributed by atoms with Crippen LogP contribution >= 0.6 is 0 Å². The molecular weight excluding hydrogens is 326 g/mol. The molecule has 0 aromatic rings. The van der Waals surface area contributed by atoms with Crippen molar-refractivity contribution in [2.45, 2.75) is 53.9 Å². The summed E-state index contributed by atoms with van der Waals surface area (Å²) in [6.45, 7) is 9.63. The first kappa shape index (κ1) is 22.9. The number of amides is 3. The van der Waals surface area contributed by atoms with Crippen molar-refractivity contribution in [1.82, 2.24) is 16.0 Å². The summed E-state index contributed by atoms with van der Waals surface area (Å²) >= 11 is 0. The molecule has 0 aliphatic heterocycles. The van der Waals surface area contributed by atoms with Gasteiger partial charge in [0.15, 0.2) is 0 Å². The largest absolute Gasteiger partial charge is 0.414 e. The van der Waals surface area contributed by atoms with Crippen molar-refractivity contribution >= 4 is 23.9 Å². The molecule has 0 radical (unpaired) electrons. The summed E-state index contributed by atoms with van der Waals surface area (Å²) in [6, 6.07) is 0. The molecule has 0 bridgehead atoms. The molecule has 25 heavy (non-hydrogen) atoms. The second-order valence-electron chi connectivity index (χ2n) is 6.08. The predicted molar refractivity (Wildman–Crippen MR) is 93.7 cm³/mol. The summed E-state index contributed by atoms with van der Waals surface area (Å²) < 4.78 is 4.77. The number of alkyl carbamates (subject to hydrolysis) is 1. The number of ether oxygens (including phenoxy) is 1. The Bertz CT molecular complexity index is 457. The van der Waals surface area contributed by atoms with Crippen LogP contribution in [-0.4, -0.2) is 43.5 Å². The minimum Gasteiger partial charge on any atom is -0.375 e. The van der Waals surface area contributed by atoms with Crippen molar-refractivity contribution in [3.05, 3.63) is 0 Å². The number of carbonyl (C=O) groups is 4. The molecule has 0 atom stereocenters. The number of nitrogens with one attached hydrogen (secondary N) is 3. The molecule has 0 rings (SSSR count). The maximum Gasteiger partial charge on any atom is 0.414 e. The topological polar surface area (TPSA) is 114 Å². The van der Waals surface area contributed by atoms with Crippen LogP contribution in [0.4, 0.5) is 4.79 Å². The molecule has 0 aromatic heterocycles. The Hall–Kier alpha value is -2.12. The van der Waals surface area contributed by atoms with E-state index < -0.39 is 35.2 Å². The van der Waals surface area contributed by atoms with Crippen molar-refractivity contribution in [3.8, 4) is 0 Å². The van der Waals surface area contributed by atoms with Gasteiger partial charge in [-0.15, -0.1) is 0 Å². The lowest BCUT2D eigenvalue weighted by Crippen LogP contribution is -2.60. The van der Waals surface area contributed by atoms with E-state index >= 15 is 0 Å². The van der Waals surface area contributed by atoms with Gasteiger partial charge in [0.05, 0.1) is 0 Å². The van der Waals surface area contributed by atoms with Gasteiger partial charge in [0.25, 0.3) is 0 Å². The van der Waals surface area contributed by atoms with Crippen LogP contribution in [0.1, 0.15) is 53.9 Å². The van der Waals surface area contributed by atoms with E-state index in [0.717, 1.165) is 0 Å². The summed E-state index contributed by atoms with van der Waals surface area (Å²) in [5, 5.41) is 7.55. The van der Waals surface area contributed by atoms with Gasteiger partial charge in [-0.1, -0.05) is 34.6 Å². The van der Waals surface area contributed by atoms with Gasteiger partial charge in [-0.25, -0.2) is 9.59 Å². The number of carbonyl (C=O) groups excluding carboxylic acids is 4. The van der Waals surface area contributed by atoms with Crippen molar-refractivity contribution in [3.63, 3.8) is 0 Å². The second kappa shape index (κ2) is 11.4. The molecule has 3 amide bonds. The highest BCUT2D eigenvalue weighted by Gasteiger charge is 2.57. The fourth-order valence-corrected chi connectivity index (χ4v) is 2.23. The molecule has 0 saturated carbocycles. The summed E-state index contributed by atoms with van der Waals surface area (Å²) in [7, 11) is 0. The smallest absolute Gasteiger partial charge is 0.375 e. The molecule has 0 aliphatic carbocycles. The van der Waals surface area contributed by atoms with Crippen LogP contribution in [0.15, 0.2) is 0 Å². The normalized spacial score (nSPS) is 11.0. The molecule has 3 N–H and O–H groups in total. The van der Waals surface area contributed by atoms with E-state index in [4.69, 9.17) is 4.74 Å². The van der Waals surface area contributed by atoms with Gasteiger partial charge in [-0.3, -0.25) is 9.59 Å². The van der Waals surface area contributed by atoms with Gasteiger partial charge in [-0.2, -0.15) is 0 Å². The van der Waals surface area contributed by atoms with Crippen LogP contribution in [0.2, 0.25) is 0 Å². The Morgan fingerprint density at radius 3 is 1.56 bits per heavy atom. The molecule has 8 heteroatoms. The quantitative estimate of drug-likeness (QED) is 0.403. The Kier molecular flexibility index (Phi) is 10.5. The standard InChI is InChI=1S/C17H31N3O5/c1-6-9-18-13(21)17(12(4)5,14(22)19-10-7-2)15(23)25-16(24)20-11-8-3/h12H,6-11H2,1-5H3,(H,18,21)(H,19,22)(H,20,24). The molecule has 0 spiro atoms. The van der Waals surface area contributed by atoms with Gasteiger partial charge >= 0.3 is 12.1 Å². The molecule has 0 unspecified atom stereocenters. The van der Waals surface area contributed by atoms with Gasteiger partial charge in [-0.05, 0) is 25.2 Å². The third-order valence-corrected chi connectivity index (χ3v) is 3.68. The van der Waals surface area contributed by atoms with Crippen molar-refractivity contribution in [1.29, 1.82) is 0 Å². The lowest BCUT2D eigenvalue weighted by Gasteiger charge is -2.31. The monoisotopic (exact) mass is 357 g/mol. The van der Waals surface area contributed by atoms with E-state index in [2.05, 4.69) is 16.0 Å². The Morgan fingerprint density at radius 2 is 1.20 bits per heavy atom. The Morgan fingerprint density at radius 1 is 0.800 bits per heavy atom. The molecule has 0 fully saturated rings. The van der Waals surface area contributed by atoms with E-state index in [1.54, 1.807) is 13.8 Å². The van der Waals surface area contributed by atoms with E-state index in [1.807, 2.05) is 20.8 Å². The summed E-state index contributed by atoms with van der Waals surface area (Å²) in [6.07, 6.45) is 0.973. The fourth-order valence-electron chi connectivity index (χ4n) is 2.23. The predicted octanol–water partition coefficient (Wildman–Crippen LogP) is 1.34. The third kappa shape index (κ3) is 6.03. The minimum absolute atomic E-state index is 0.309.